The summed E-state index contributed by atoms with van der Waals surface area (Å²) in [5.74, 6) is -0.114. The van der Waals surface area contributed by atoms with E-state index >= 15 is 0 Å². The van der Waals surface area contributed by atoms with Crippen molar-refractivity contribution in [2.45, 2.75) is 25.3 Å². The standard InChI is InChI=1S/C12H17NO2S/c1-15-12(14)6-8-13-7-2-4-10(13)11-5-3-9-16-11/h3,5,9-10H,2,4,6-8H2,1H3. The van der Waals surface area contributed by atoms with Crippen molar-refractivity contribution in [3.8, 4) is 0 Å². The van der Waals surface area contributed by atoms with Crippen LogP contribution in [0.5, 0.6) is 0 Å². The molecule has 4 heteroatoms. The van der Waals surface area contributed by atoms with Gasteiger partial charge >= 0.3 is 5.97 Å². The highest BCUT2D eigenvalue weighted by Gasteiger charge is 2.26. The van der Waals surface area contributed by atoms with Crippen LogP contribution in [-0.4, -0.2) is 31.1 Å². The number of ether oxygens (including phenoxy) is 1. The van der Waals surface area contributed by atoms with Gasteiger partial charge in [-0.05, 0) is 30.8 Å². The van der Waals surface area contributed by atoms with Crippen molar-refractivity contribution in [2.24, 2.45) is 0 Å². The summed E-state index contributed by atoms with van der Waals surface area (Å²) in [4.78, 5) is 14.9. The molecular formula is C12H17NO2S. The topological polar surface area (TPSA) is 29.5 Å². The summed E-state index contributed by atoms with van der Waals surface area (Å²) in [7, 11) is 1.45. The molecule has 3 nitrogen and oxygen atoms in total. The van der Waals surface area contributed by atoms with Gasteiger partial charge in [-0.3, -0.25) is 9.69 Å². The monoisotopic (exact) mass is 239 g/mol. The van der Waals surface area contributed by atoms with Gasteiger partial charge in [0.1, 0.15) is 0 Å². The van der Waals surface area contributed by atoms with E-state index in [-0.39, 0.29) is 5.97 Å². The molecule has 0 aliphatic carbocycles. The van der Waals surface area contributed by atoms with E-state index in [0.717, 1.165) is 13.1 Å². The van der Waals surface area contributed by atoms with Crippen molar-refractivity contribution in [1.82, 2.24) is 4.90 Å². The van der Waals surface area contributed by atoms with Crippen LogP contribution in [0, 0.1) is 0 Å². The fourth-order valence-electron chi connectivity index (χ4n) is 2.23. The van der Waals surface area contributed by atoms with Crippen LogP contribution in [0.25, 0.3) is 0 Å². The van der Waals surface area contributed by atoms with Crippen molar-refractivity contribution in [2.75, 3.05) is 20.2 Å². The quantitative estimate of drug-likeness (QED) is 0.756. The van der Waals surface area contributed by atoms with Gasteiger partial charge in [-0.15, -0.1) is 11.3 Å². The van der Waals surface area contributed by atoms with Crippen molar-refractivity contribution in [1.29, 1.82) is 0 Å². The Balaban J connectivity index is 1.91. The van der Waals surface area contributed by atoms with Crippen LogP contribution in [0.4, 0.5) is 0 Å². The Hall–Kier alpha value is -0.870. The Morgan fingerprint density at radius 2 is 2.56 bits per heavy atom. The first kappa shape index (κ1) is 11.6. The van der Waals surface area contributed by atoms with Crippen molar-refractivity contribution in [3.05, 3.63) is 22.4 Å². The van der Waals surface area contributed by atoms with Crippen LogP contribution in [0.1, 0.15) is 30.2 Å². The number of hydrogen-bond donors (Lipinski definition) is 0. The Kier molecular flexibility index (Phi) is 3.96. The van der Waals surface area contributed by atoms with Crippen molar-refractivity contribution >= 4 is 17.3 Å². The SMILES string of the molecule is COC(=O)CCN1CCCC1c1cccs1. The number of thiophene rings is 1. The normalized spacial score (nSPS) is 21.2. The van der Waals surface area contributed by atoms with Crippen LogP contribution >= 0.6 is 11.3 Å². The molecule has 0 radical (unpaired) electrons. The molecule has 1 aliphatic heterocycles. The maximum atomic E-state index is 11.1. The van der Waals surface area contributed by atoms with Crippen LogP contribution in [0.15, 0.2) is 17.5 Å². The first-order chi connectivity index (χ1) is 7.81. The molecule has 16 heavy (non-hydrogen) atoms. The first-order valence-electron chi connectivity index (χ1n) is 5.65. The number of esters is 1. The number of rotatable bonds is 4. The van der Waals surface area contributed by atoms with Gasteiger partial charge in [0.15, 0.2) is 0 Å². The summed E-state index contributed by atoms with van der Waals surface area (Å²) in [6.07, 6.45) is 2.93. The summed E-state index contributed by atoms with van der Waals surface area (Å²) in [6, 6.07) is 4.80. The molecule has 0 aromatic carbocycles. The molecule has 1 fully saturated rings. The van der Waals surface area contributed by atoms with E-state index < -0.39 is 0 Å². The number of likely N-dealkylation sites (tertiary alicyclic amines) is 1. The van der Waals surface area contributed by atoms with Gasteiger partial charge in [0.25, 0.3) is 0 Å². The Bertz CT molecular complexity index is 337. The zero-order valence-corrected chi connectivity index (χ0v) is 10.3. The Labute approximate surface area is 100 Å². The maximum Gasteiger partial charge on any atom is 0.306 e. The van der Waals surface area contributed by atoms with E-state index in [1.165, 1.54) is 24.8 Å². The lowest BCUT2D eigenvalue weighted by molar-refractivity contribution is -0.141. The molecular weight excluding hydrogens is 222 g/mol. The second-order valence-corrected chi connectivity index (χ2v) is 5.01. The van der Waals surface area contributed by atoms with Gasteiger partial charge in [-0.25, -0.2) is 0 Å². The third kappa shape index (κ3) is 2.62. The minimum atomic E-state index is -0.114. The second kappa shape index (κ2) is 5.46. The first-order valence-corrected chi connectivity index (χ1v) is 6.53. The summed E-state index contributed by atoms with van der Waals surface area (Å²) in [5.41, 5.74) is 0. The summed E-state index contributed by atoms with van der Waals surface area (Å²) < 4.78 is 4.67. The van der Waals surface area contributed by atoms with E-state index in [2.05, 4.69) is 27.1 Å². The van der Waals surface area contributed by atoms with Gasteiger partial charge < -0.3 is 4.74 Å². The average Bonchev–Trinajstić information content (AvgIpc) is 2.95. The number of nitrogens with zero attached hydrogens (tertiary/aromatic N) is 1. The van der Waals surface area contributed by atoms with Gasteiger partial charge in [-0.1, -0.05) is 6.07 Å². The third-order valence-corrected chi connectivity index (χ3v) is 4.04. The van der Waals surface area contributed by atoms with Crippen LogP contribution in [-0.2, 0) is 9.53 Å². The molecule has 2 heterocycles. The minimum absolute atomic E-state index is 0.114. The molecule has 2 rings (SSSR count). The largest absolute Gasteiger partial charge is 0.469 e. The van der Waals surface area contributed by atoms with Crippen molar-refractivity contribution < 1.29 is 9.53 Å². The third-order valence-electron chi connectivity index (χ3n) is 3.07. The van der Waals surface area contributed by atoms with Gasteiger partial charge in [0, 0.05) is 17.5 Å². The van der Waals surface area contributed by atoms with E-state index in [4.69, 9.17) is 0 Å². The van der Waals surface area contributed by atoms with Crippen LogP contribution in [0.3, 0.4) is 0 Å². The lowest BCUT2D eigenvalue weighted by Crippen LogP contribution is -2.25. The summed E-state index contributed by atoms with van der Waals surface area (Å²) >= 11 is 1.81. The van der Waals surface area contributed by atoms with Gasteiger partial charge in [0.2, 0.25) is 0 Å². The molecule has 0 spiro atoms. The van der Waals surface area contributed by atoms with E-state index in [0.29, 0.717) is 12.5 Å². The fraction of sp³-hybridized carbons (Fsp3) is 0.583. The number of hydrogen-bond acceptors (Lipinski definition) is 4. The Morgan fingerprint density at radius 1 is 1.69 bits per heavy atom. The molecule has 1 aromatic rings. The predicted octanol–water partition coefficient (Wildman–Crippen LogP) is 2.45. The average molecular weight is 239 g/mol. The smallest absolute Gasteiger partial charge is 0.306 e. The lowest BCUT2D eigenvalue weighted by atomic mass is 10.2. The fourth-order valence-corrected chi connectivity index (χ4v) is 3.13. The summed E-state index contributed by atoms with van der Waals surface area (Å²) in [6.45, 7) is 1.91. The number of carbonyl (C=O) groups is 1. The minimum Gasteiger partial charge on any atom is -0.469 e. The predicted molar refractivity (Wildman–Crippen MR) is 64.5 cm³/mol. The maximum absolute atomic E-state index is 11.1. The molecule has 1 aromatic heterocycles. The van der Waals surface area contributed by atoms with Crippen LogP contribution in [0.2, 0.25) is 0 Å². The molecule has 0 N–H and O–H groups in total. The van der Waals surface area contributed by atoms with Gasteiger partial charge in [0.05, 0.1) is 13.5 Å². The zero-order chi connectivity index (χ0) is 11.4. The molecule has 1 atom stereocenters. The van der Waals surface area contributed by atoms with E-state index in [9.17, 15) is 4.79 Å². The number of methoxy groups -OCH3 is 1. The molecule has 1 aliphatic rings. The van der Waals surface area contributed by atoms with Crippen LogP contribution < -0.4 is 0 Å². The van der Waals surface area contributed by atoms with Crippen molar-refractivity contribution in [3.63, 3.8) is 0 Å². The molecule has 1 unspecified atom stereocenters. The summed E-state index contributed by atoms with van der Waals surface area (Å²) in [5, 5.41) is 2.12. The van der Waals surface area contributed by atoms with E-state index in [1.54, 1.807) is 11.3 Å². The molecule has 0 amide bonds. The van der Waals surface area contributed by atoms with E-state index in [1.807, 2.05) is 0 Å². The highest BCUT2D eigenvalue weighted by molar-refractivity contribution is 7.10. The Morgan fingerprint density at radius 3 is 3.25 bits per heavy atom. The highest BCUT2D eigenvalue weighted by atomic mass is 32.1. The second-order valence-electron chi connectivity index (χ2n) is 4.04. The zero-order valence-electron chi connectivity index (χ0n) is 9.52. The van der Waals surface area contributed by atoms with Gasteiger partial charge in [-0.2, -0.15) is 0 Å². The highest BCUT2D eigenvalue weighted by Crippen LogP contribution is 2.34. The molecule has 0 saturated carbocycles. The molecule has 0 bridgehead atoms. The molecule has 1 saturated heterocycles. The molecule has 88 valence electrons. The number of carbonyl (C=O) groups excluding carboxylic acids is 1. The lowest BCUT2D eigenvalue weighted by Gasteiger charge is -2.22.